The summed E-state index contributed by atoms with van der Waals surface area (Å²) in [7, 11) is 0. The molecule has 1 saturated heterocycles. The van der Waals surface area contributed by atoms with Crippen molar-refractivity contribution < 1.29 is 9.18 Å². The molecule has 2 aromatic rings. The quantitative estimate of drug-likeness (QED) is 0.815. The van der Waals surface area contributed by atoms with Crippen LogP contribution in [0.15, 0.2) is 30.3 Å². The average Bonchev–Trinajstić information content (AvgIpc) is 3.43. The Kier molecular flexibility index (Phi) is 5.34. The first-order valence-electron chi connectivity index (χ1n) is 10.5. The van der Waals surface area contributed by atoms with Gasteiger partial charge in [0.2, 0.25) is 0 Å². The van der Waals surface area contributed by atoms with Crippen molar-refractivity contribution in [3.05, 3.63) is 41.8 Å². The molecule has 29 heavy (non-hydrogen) atoms. The van der Waals surface area contributed by atoms with Gasteiger partial charge in [0.25, 0.3) is 0 Å². The number of amides is 2. The summed E-state index contributed by atoms with van der Waals surface area (Å²) < 4.78 is 15.0. The SMILES string of the molecule is CC(C)(C)c1cc(NC(=O)NC2CCN(C3CC3)CC2)n(-c2ccc(F)cc2)n1. The molecule has 0 bridgehead atoms. The predicted octanol–water partition coefficient (Wildman–Crippen LogP) is 4.06. The van der Waals surface area contributed by atoms with Crippen LogP contribution < -0.4 is 10.6 Å². The van der Waals surface area contributed by atoms with Crippen LogP contribution in [0.4, 0.5) is 15.0 Å². The summed E-state index contributed by atoms with van der Waals surface area (Å²) in [5.74, 6) is 0.274. The number of rotatable bonds is 4. The molecular weight excluding hydrogens is 369 g/mol. The lowest BCUT2D eigenvalue weighted by molar-refractivity contribution is 0.189. The zero-order valence-corrected chi connectivity index (χ0v) is 17.4. The molecule has 1 aliphatic heterocycles. The van der Waals surface area contributed by atoms with Crippen molar-refractivity contribution in [1.82, 2.24) is 20.0 Å². The monoisotopic (exact) mass is 399 g/mol. The van der Waals surface area contributed by atoms with Crippen LogP contribution in [0.2, 0.25) is 0 Å². The number of likely N-dealkylation sites (tertiary alicyclic amines) is 1. The molecule has 0 radical (unpaired) electrons. The van der Waals surface area contributed by atoms with Gasteiger partial charge in [-0.1, -0.05) is 20.8 Å². The Hall–Kier alpha value is -2.41. The summed E-state index contributed by atoms with van der Waals surface area (Å²) >= 11 is 0. The van der Waals surface area contributed by atoms with Gasteiger partial charge in [0.15, 0.2) is 0 Å². The van der Waals surface area contributed by atoms with E-state index in [0.29, 0.717) is 11.5 Å². The summed E-state index contributed by atoms with van der Waals surface area (Å²) in [5, 5.41) is 10.7. The number of benzene rings is 1. The van der Waals surface area contributed by atoms with Gasteiger partial charge in [-0.3, -0.25) is 5.32 Å². The Morgan fingerprint density at radius 2 is 1.76 bits per heavy atom. The maximum absolute atomic E-state index is 13.3. The summed E-state index contributed by atoms with van der Waals surface area (Å²) in [6.07, 6.45) is 4.60. The van der Waals surface area contributed by atoms with Gasteiger partial charge in [0.05, 0.1) is 11.4 Å². The Morgan fingerprint density at radius 1 is 1.10 bits per heavy atom. The number of carbonyl (C=O) groups is 1. The third-order valence-corrected chi connectivity index (χ3v) is 5.72. The first-order chi connectivity index (χ1) is 13.8. The van der Waals surface area contributed by atoms with Gasteiger partial charge < -0.3 is 10.2 Å². The van der Waals surface area contributed by atoms with Crippen molar-refractivity contribution in [3.8, 4) is 5.69 Å². The smallest absolute Gasteiger partial charge is 0.320 e. The fourth-order valence-electron chi connectivity index (χ4n) is 3.80. The van der Waals surface area contributed by atoms with Gasteiger partial charge in [-0.2, -0.15) is 5.10 Å². The number of hydrogen-bond acceptors (Lipinski definition) is 3. The fourth-order valence-corrected chi connectivity index (χ4v) is 3.80. The molecule has 1 saturated carbocycles. The highest BCUT2D eigenvalue weighted by Crippen LogP contribution is 2.29. The topological polar surface area (TPSA) is 62.2 Å². The molecule has 1 aromatic heterocycles. The molecule has 2 N–H and O–H groups in total. The van der Waals surface area contributed by atoms with E-state index in [1.165, 1.54) is 25.0 Å². The number of aromatic nitrogens is 2. The van der Waals surface area contributed by atoms with Gasteiger partial charge in [-0.05, 0) is 49.9 Å². The molecule has 6 nitrogen and oxygen atoms in total. The zero-order valence-electron chi connectivity index (χ0n) is 17.4. The van der Waals surface area contributed by atoms with Crippen LogP contribution in [0.25, 0.3) is 5.69 Å². The molecule has 0 atom stereocenters. The normalized spacial score (nSPS) is 18.6. The molecule has 2 amide bonds. The maximum Gasteiger partial charge on any atom is 0.320 e. The zero-order chi connectivity index (χ0) is 20.6. The fraction of sp³-hybridized carbons (Fsp3) is 0.545. The lowest BCUT2D eigenvalue weighted by Crippen LogP contribution is -2.46. The van der Waals surface area contributed by atoms with Crippen molar-refractivity contribution in [1.29, 1.82) is 0 Å². The van der Waals surface area contributed by atoms with Crippen LogP contribution >= 0.6 is 0 Å². The second kappa shape index (κ2) is 7.78. The van der Waals surface area contributed by atoms with Crippen molar-refractivity contribution in [2.75, 3.05) is 18.4 Å². The van der Waals surface area contributed by atoms with E-state index in [1.54, 1.807) is 16.8 Å². The van der Waals surface area contributed by atoms with E-state index in [4.69, 9.17) is 0 Å². The van der Waals surface area contributed by atoms with Crippen molar-refractivity contribution in [2.24, 2.45) is 0 Å². The number of urea groups is 1. The van der Waals surface area contributed by atoms with E-state index < -0.39 is 0 Å². The highest BCUT2D eigenvalue weighted by atomic mass is 19.1. The standard InChI is InChI=1S/C22H30FN5O/c1-22(2,3)19-14-20(28(26-19)18-6-4-15(23)5-7-18)25-21(29)24-16-10-12-27(13-11-16)17-8-9-17/h4-7,14,16-17H,8-13H2,1-3H3,(H2,24,25,29). The molecule has 0 spiro atoms. The summed E-state index contributed by atoms with van der Waals surface area (Å²) in [5.41, 5.74) is 1.39. The van der Waals surface area contributed by atoms with Crippen LogP contribution in [0, 0.1) is 5.82 Å². The molecule has 1 aromatic carbocycles. The third-order valence-electron chi connectivity index (χ3n) is 5.72. The minimum atomic E-state index is -0.304. The van der Waals surface area contributed by atoms with E-state index >= 15 is 0 Å². The van der Waals surface area contributed by atoms with Crippen LogP contribution in [-0.4, -0.2) is 45.9 Å². The van der Waals surface area contributed by atoms with Crippen LogP contribution in [0.3, 0.4) is 0 Å². The summed E-state index contributed by atoms with van der Waals surface area (Å²) in [6, 6.07) is 8.74. The van der Waals surface area contributed by atoms with Gasteiger partial charge >= 0.3 is 6.03 Å². The molecule has 1 aliphatic carbocycles. The van der Waals surface area contributed by atoms with Crippen LogP contribution in [0.1, 0.15) is 52.1 Å². The van der Waals surface area contributed by atoms with E-state index in [0.717, 1.165) is 37.7 Å². The van der Waals surface area contributed by atoms with E-state index in [-0.39, 0.29) is 23.3 Å². The lowest BCUT2D eigenvalue weighted by atomic mass is 9.92. The maximum atomic E-state index is 13.3. The van der Waals surface area contributed by atoms with Gasteiger partial charge in [-0.25, -0.2) is 13.9 Å². The van der Waals surface area contributed by atoms with Gasteiger partial charge in [-0.15, -0.1) is 0 Å². The Bertz CT molecular complexity index is 858. The van der Waals surface area contributed by atoms with Gasteiger partial charge in [0.1, 0.15) is 11.6 Å². The van der Waals surface area contributed by atoms with E-state index in [9.17, 15) is 9.18 Å². The average molecular weight is 400 g/mol. The Morgan fingerprint density at radius 3 is 2.34 bits per heavy atom. The molecule has 4 rings (SSSR count). The largest absolute Gasteiger partial charge is 0.335 e. The van der Waals surface area contributed by atoms with Crippen molar-refractivity contribution >= 4 is 11.8 Å². The minimum absolute atomic E-state index is 0.173. The highest BCUT2D eigenvalue weighted by molar-refractivity contribution is 5.89. The second-order valence-electron chi connectivity index (χ2n) is 9.19. The third kappa shape index (κ3) is 4.78. The molecule has 0 unspecified atom stereocenters. The van der Waals surface area contributed by atoms with Crippen molar-refractivity contribution in [2.45, 2.75) is 64.0 Å². The lowest BCUT2D eigenvalue weighted by Gasteiger charge is -2.32. The molecule has 2 aliphatic rings. The predicted molar refractivity (Wildman–Crippen MR) is 112 cm³/mol. The molecule has 2 fully saturated rings. The summed E-state index contributed by atoms with van der Waals surface area (Å²) in [6.45, 7) is 8.32. The van der Waals surface area contributed by atoms with Crippen molar-refractivity contribution in [3.63, 3.8) is 0 Å². The second-order valence-corrected chi connectivity index (χ2v) is 9.19. The number of nitrogens with zero attached hydrogens (tertiary/aromatic N) is 3. The highest BCUT2D eigenvalue weighted by Gasteiger charge is 2.32. The Labute approximate surface area is 171 Å². The van der Waals surface area contributed by atoms with E-state index in [2.05, 4.69) is 41.4 Å². The molecule has 7 heteroatoms. The molecule has 156 valence electrons. The van der Waals surface area contributed by atoms with E-state index in [1.807, 2.05) is 6.07 Å². The number of nitrogens with one attached hydrogen (secondary N) is 2. The first-order valence-corrected chi connectivity index (χ1v) is 10.5. The number of hydrogen-bond donors (Lipinski definition) is 2. The molecule has 2 heterocycles. The van der Waals surface area contributed by atoms with Crippen LogP contribution in [-0.2, 0) is 5.41 Å². The first kappa shape index (κ1) is 19.9. The number of anilines is 1. The summed E-state index contributed by atoms with van der Waals surface area (Å²) in [4.78, 5) is 15.2. The minimum Gasteiger partial charge on any atom is -0.335 e. The molecular formula is C22H30FN5O. The van der Waals surface area contributed by atoms with Gasteiger partial charge in [0, 0.05) is 36.7 Å². The van der Waals surface area contributed by atoms with Crippen LogP contribution in [0.5, 0.6) is 0 Å². The number of carbonyl (C=O) groups excluding carboxylic acids is 1. The number of halogens is 1. The Balaban J connectivity index is 1.46. The number of piperidine rings is 1.